The van der Waals surface area contributed by atoms with Gasteiger partial charge in [-0.3, -0.25) is 0 Å². The molecule has 164 valence electrons. The van der Waals surface area contributed by atoms with Crippen molar-refractivity contribution in [3.05, 3.63) is 121 Å². The summed E-state index contributed by atoms with van der Waals surface area (Å²) in [6.07, 6.45) is 2.17. The summed E-state index contributed by atoms with van der Waals surface area (Å²) >= 11 is 1.85. The average molecular weight is 465 g/mol. The molecule has 8 rings (SSSR count). The van der Waals surface area contributed by atoms with Crippen LogP contribution in [0.15, 0.2) is 121 Å². The second-order valence-electron chi connectivity index (χ2n) is 9.12. The molecule has 0 fully saturated rings. The van der Waals surface area contributed by atoms with Crippen LogP contribution in [0, 0.1) is 0 Å². The first-order valence-electron chi connectivity index (χ1n) is 11.9. The lowest BCUT2D eigenvalue weighted by Crippen LogP contribution is -1.91. The Labute approximate surface area is 205 Å². The van der Waals surface area contributed by atoms with Crippen LogP contribution in [-0.2, 0) is 0 Å². The fraction of sp³-hybridized carbons (Fsp3) is 0. The Morgan fingerprint density at radius 1 is 0.486 bits per heavy atom. The van der Waals surface area contributed by atoms with Gasteiger partial charge >= 0.3 is 0 Å². The molecule has 0 unspecified atom stereocenters. The van der Waals surface area contributed by atoms with Crippen LogP contribution in [0.25, 0.3) is 64.3 Å². The van der Waals surface area contributed by atoms with E-state index in [1.54, 1.807) is 0 Å². The van der Waals surface area contributed by atoms with Crippen LogP contribution < -0.4 is 0 Å². The van der Waals surface area contributed by atoms with Crippen LogP contribution in [-0.4, -0.2) is 9.13 Å². The maximum atomic E-state index is 2.44. The molecule has 0 spiro atoms. The first-order chi connectivity index (χ1) is 17.3. The standard InChI is InChI=1S/C32H20N2S/c1-2-9-25(10-3-1)33-15-14-21-16-23-17-27-26-11-5-6-12-28(26)34(30(27)19-24(23)18-29(21)33)32-20-22-8-4-7-13-31(22)35-32/h1-20H. The van der Waals surface area contributed by atoms with Gasteiger partial charge < -0.3 is 9.13 Å². The van der Waals surface area contributed by atoms with E-state index in [9.17, 15) is 0 Å². The third kappa shape index (κ3) is 2.76. The lowest BCUT2D eigenvalue weighted by Gasteiger charge is -2.08. The van der Waals surface area contributed by atoms with Crippen molar-refractivity contribution in [3.8, 4) is 10.7 Å². The summed E-state index contributed by atoms with van der Waals surface area (Å²) in [5.74, 6) is 0. The summed E-state index contributed by atoms with van der Waals surface area (Å²) in [5.41, 5.74) is 4.92. The van der Waals surface area contributed by atoms with Gasteiger partial charge in [-0.1, -0.05) is 54.6 Å². The van der Waals surface area contributed by atoms with Gasteiger partial charge in [0.1, 0.15) is 5.00 Å². The molecule has 0 amide bonds. The summed E-state index contributed by atoms with van der Waals surface area (Å²) in [7, 11) is 0. The fourth-order valence-corrected chi connectivity index (χ4v) is 6.57. The molecule has 0 radical (unpaired) electrons. The lowest BCUT2D eigenvalue weighted by molar-refractivity contribution is 1.13. The minimum atomic E-state index is 1.18. The van der Waals surface area contributed by atoms with Crippen LogP contribution in [0.1, 0.15) is 0 Å². The number of thiophene rings is 1. The zero-order chi connectivity index (χ0) is 22.9. The van der Waals surface area contributed by atoms with E-state index in [-0.39, 0.29) is 0 Å². The topological polar surface area (TPSA) is 9.86 Å². The highest BCUT2D eigenvalue weighted by Crippen LogP contribution is 2.39. The van der Waals surface area contributed by atoms with Gasteiger partial charge in [-0.2, -0.15) is 0 Å². The largest absolute Gasteiger partial charge is 0.317 e. The Morgan fingerprint density at radius 2 is 1.26 bits per heavy atom. The predicted molar refractivity (Wildman–Crippen MR) is 151 cm³/mol. The monoisotopic (exact) mass is 464 g/mol. The molecule has 3 heteroatoms. The molecule has 0 bridgehead atoms. The van der Waals surface area contributed by atoms with Gasteiger partial charge in [0, 0.05) is 32.7 Å². The Morgan fingerprint density at radius 3 is 2.17 bits per heavy atom. The van der Waals surface area contributed by atoms with Gasteiger partial charge in [-0.25, -0.2) is 0 Å². The highest BCUT2D eigenvalue weighted by molar-refractivity contribution is 7.21. The minimum absolute atomic E-state index is 1.18. The van der Waals surface area contributed by atoms with Crippen LogP contribution in [0.2, 0.25) is 0 Å². The molecule has 0 saturated carbocycles. The number of hydrogen-bond acceptors (Lipinski definition) is 1. The number of hydrogen-bond donors (Lipinski definition) is 0. The van der Waals surface area contributed by atoms with E-state index >= 15 is 0 Å². The molecular formula is C32H20N2S. The van der Waals surface area contributed by atoms with Crippen molar-refractivity contribution in [2.24, 2.45) is 0 Å². The summed E-state index contributed by atoms with van der Waals surface area (Å²) in [6.45, 7) is 0. The third-order valence-corrected chi connectivity index (χ3v) is 8.21. The van der Waals surface area contributed by atoms with E-state index in [0.29, 0.717) is 0 Å². The van der Waals surface area contributed by atoms with E-state index in [2.05, 4.69) is 131 Å². The van der Waals surface area contributed by atoms with E-state index in [0.717, 1.165) is 0 Å². The molecule has 3 aromatic heterocycles. The summed E-state index contributed by atoms with van der Waals surface area (Å²) in [5, 5.41) is 8.93. The highest BCUT2D eigenvalue weighted by Gasteiger charge is 2.15. The van der Waals surface area contributed by atoms with Gasteiger partial charge in [0.25, 0.3) is 0 Å². The van der Waals surface area contributed by atoms with E-state index in [1.165, 1.54) is 64.3 Å². The van der Waals surface area contributed by atoms with Gasteiger partial charge in [0.05, 0.1) is 16.6 Å². The molecule has 3 heterocycles. The highest BCUT2D eigenvalue weighted by atomic mass is 32.1. The van der Waals surface area contributed by atoms with Gasteiger partial charge in [-0.05, 0) is 76.8 Å². The number of rotatable bonds is 2. The average Bonchev–Trinajstić information content (AvgIpc) is 3.59. The second kappa shape index (κ2) is 7.08. The third-order valence-electron chi connectivity index (χ3n) is 7.11. The quantitative estimate of drug-likeness (QED) is 0.241. The first-order valence-corrected chi connectivity index (χ1v) is 12.7. The van der Waals surface area contributed by atoms with Gasteiger partial charge in [-0.15, -0.1) is 11.3 Å². The molecule has 0 N–H and O–H groups in total. The van der Waals surface area contributed by atoms with Crippen LogP contribution in [0.3, 0.4) is 0 Å². The summed E-state index contributed by atoms with van der Waals surface area (Å²) < 4.78 is 6.03. The van der Waals surface area contributed by atoms with Crippen molar-refractivity contribution < 1.29 is 0 Å². The number of nitrogens with zero attached hydrogens (tertiary/aromatic N) is 2. The lowest BCUT2D eigenvalue weighted by atomic mass is 10.0. The maximum Gasteiger partial charge on any atom is 0.101 e. The number of para-hydroxylation sites is 2. The molecule has 0 saturated heterocycles. The molecule has 0 aliphatic carbocycles. The smallest absolute Gasteiger partial charge is 0.101 e. The minimum Gasteiger partial charge on any atom is -0.317 e. The molecule has 0 aliphatic rings. The SMILES string of the molecule is c1ccc(-n2ccc3cc4cc5c6ccccc6n(-c6cc7ccccc7s6)c5cc4cc32)cc1. The van der Waals surface area contributed by atoms with Crippen LogP contribution in [0.4, 0.5) is 0 Å². The number of aromatic nitrogens is 2. The molecule has 0 atom stereocenters. The van der Waals surface area contributed by atoms with Crippen molar-refractivity contribution in [3.63, 3.8) is 0 Å². The van der Waals surface area contributed by atoms with E-state index in [4.69, 9.17) is 0 Å². The van der Waals surface area contributed by atoms with Crippen LogP contribution in [0.5, 0.6) is 0 Å². The maximum absolute atomic E-state index is 2.44. The Balaban J connectivity index is 1.46. The van der Waals surface area contributed by atoms with E-state index < -0.39 is 0 Å². The van der Waals surface area contributed by atoms with Crippen molar-refractivity contribution in [1.82, 2.24) is 9.13 Å². The summed E-state index contributed by atoms with van der Waals surface area (Å²) in [4.78, 5) is 0. The zero-order valence-corrected chi connectivity index (χ0v) is 19.7. The van der Waals surface area contributed by atoms with Crippen molar-refractivity contribution >= 4 is 64.9 Å². The van der Waals surface area contributed by atoms with Crippen molar-refractivity contribution in [1.29, 1.82) is 0 Å². The van der Waals surface area contributed by atoms with Gasteiger partial charge in [0.2, 0.25) is 0 Å². The molecular weight excluding hydrogens is 444 g/mol. The van der Waals surface area contributed by atoms with Crippen LogP contribution >= 0.6 is 11.3 Å². The number of fused-ring (bicyclic) bond motifs is 6. The van der Waals surface area contributed by atoms with Crippen molar-refractivity contribution in [2.45, 2.75) is 0 Å². The molecule has 8 aromatic rings. The normalized spacial score (nSPS) is 12.0. The number of benzene rings is 5. The fourth-order valence-electron chi connectivity index (χ4n) is 5.48. The Bertz CT molecular complexity index is 2020. The summed E-state index contributed by atoms with van der Waals surface area (Å²) in [6, 6.07) is 41.9. The van der Waals surface area contributed by atoms with E-state index in [1.807, 2.05) is 11.3 Å². The molecule has 35 heavy (non-hydrogen) atoms. The first kappa shape index (κ1) is 19.0. The molecule has 2 nitrogen and oxygen atoms in total. The van der Waals surface area contributed by atoms with Gasteiger partial charge in [0.15, 0.2) is 0 Å². The Hall–Kier alpha value is -4.34. The van der Waals surface area contributed by atoms with Crippen molar-refractivity contribution in [2.75, 3.05) is 0 Å². The zero-order valence-electron chi connectivity index (χ0n) is 18.8. The second-order valence-corrected chi connectivity index (χ2v) is 10.2. The Kier molecular flexibility index (Phi) is 3.85. The molecule has 0 aliphatic heterocycles. The molecule has 5 aromatic carbocycles. The predicted octanol–water partition coefficient (Wildman–Crippen LogP) is 9.10.